The van der Waals surface area contributed by atoms with Gasteiger partial charge in [0.15, 0.2) is 11.5 Å². The number of furan rings is 1. The highest BCUT2D eigenvalue weighted by molar-refractivity contribution is 9.09. The van der Waals surface area contributed by atoms with E-state index in [1.54, 1.807) is 12.3 Å². The van der Waals surface area contributed by atoms with Gasteiger partial charge in [-0.1, -0.05) is 53.2 Å². The molecule has 2 nitrogen and oxygen atoms in total. The van der Waals surface area contributed by atoms with Crippen molar-refractivity contribution < 1.29 is 9.21 Å². The molecule has 1 unspecified atom stereocenters. The zero-order valence-corrected chi connectivity index (χ0v) is 11.1. The van der Waals surface area contributed by atoms with Gasteiger partial charge in [0.1, 0.15) is 0 Å². The van der Waals surface area contributed by atoms with Gasteiger partial charge >= 0.3 is 0 Å². The second kappa shape index (κ2) is 5.32. The molecule has 3 heteroatoms. The lowest BCUT2D eigenvalue weighted by Gasteiger charge is -2.06. The molecule has 1 heterocycles. The maximum absolute atomic E-state index is 11.5. The number of benzene rings is 1. The van der Waals surface area contributed by atoms with E-state index in [1.807, 2.05) is 37.3 Å². The Hall–Kier alpha value is -1.35. The Balaban J connectivity index is 2.23. The first-order chi connectivity index (χ1) is 8.22. The highest BCUT2D eigenvalue weighted by Gasteiger charge is 2.15. The van der Waals surface area contributed by atoms with Gasteiger partial charge in [-0.25, -0.2) is 0 Å². The summed E-state index contributed by atoms with van der Waals surface area (Å²) >= 11 is 3.61. The molecule has 0 aliphatic heterocycles. The van der Waals surface area contributed by atoms with Crippen molar-refractivity contribution in [3.05, 3.63) is 59.5 Å². The van der Waals surface area contributed by atoms with Crippen LogP contribution in [0.5, 0.6) is 0 Å². The van der Waals surface area contributed by atoms with Gasteiger partial charge in [-0.15, -0.1) is 0 Å². The minimum Gasteiger partial charge on any atom is -0.461 e. The van der Waals surface area contributed by atoms with Gasteiger partial charge in [0.05, 0.1) is 11.1 Å². The molecular weight excluding hydrogens is 280 g/mol. The van der Waals surface area contributed by atoms with Crippen molar-refractivity contribution in [3.8, 4) is 0 Å². The maximum atomic E-state index is 11.5. The molecule has 0 amide bonds. The van der Waals surface area contributed by atoms with E-state index in [9.17, 15) is 4.79 Å². The topological polar surface area (TPSA) is 30.2 Å². The van der Waals surface area contributed by atoms with Crippen LogP contribution in [0.1, 0.15) is 39.9 Å². The summed E-state index contributed by atoms with van der Waals surface area (Å²) in [4.78, 5) is 11.5. The van der Waals surface area contributed by atoms with Gasteiger partial charge in [-0.2, -0.15) is 0 Å². The van der Waals surface area contributed by atoms with Gasteiger partial charge in [0.25, 0.3) is 0 Å². The minimum atomic E-state index is 0.0315. The highest BCUT2D eigenvalue weighted by atomic mass is 79.9. The lowest BCUT2D eigenvalue weighted by atomic mass is 10.1. The number of rotatable bonds is 4. The molecule has 0 aliphatic carbocycles. The van der Waals surface area contributed by atoms with E-state index in [0.717, 1.165) is 11.1 Å². The molecule has 0 saturated heterocycles. The second-order valence-electron chi connectivity index (χ2n) is 3.79. The van der Waals surface area contributed by atoms with Crippen molar-refractivity contribution in [3.63, 3.8) is 0 Å². The summed E-state index contributed by atoms with van der Waals surface area (Å²) in [6, 6.07) is 11.8. The van der Waals surface area contributed by atoms with Crippen LogP contribution in [0.2, 0.25) is 0 Å². The molecule has 0 spiro atoms. The average molecular weight is 293 g/mol. The van der Waals surface area contributed by atoms with Crippen molar-refractivity contribution >= 4 is 21.7 Å². The summed E-state index contributed by atoms with van der Waals surface area (Å²) in [7, 11) is 0. The molecule has 0 fully saturated rings. The fraction of sp³-hybridized carbons (Fsp3) is 0.214. The summed E-state index contributed by atoms with van der Waals surface area (Å²) in [5, 5.41) is 0. The van der Waals surface area contributed by atoms with Crippen LogP contribution in [0.25, 0.3) is 0 Å². The fourth-order valence-corrected chi connectivity index (χ4v) is 2.16. The SMILES string of the molecule is CCC(=O)c1cc(C(Br)c2ccccc2)co1. The summed E-state index contributed by atoms with van der Waals surface area (Å²) in [6.07, 6.45) is 2.10. The Kier molecular flexibility index (Phi) is 3.79. The molecule has 17 heavy (non-hydrogen) atoms. The van der Waals surface area contributed by atoms with E-state index < -0.39 is 0 Å². The third-order valence-electron chi connectivity index (χ3n) is 2.60. The number of carbonyl (C=O) groups excluding carboxylic acids is 1. The van der Waals surface area contributed by atoms with Crippen LogP contribution in [0.4, 0.5) is 0 Å². The van der Waals surface area contributed by atoms with Crippen molar-refractivity contribution in [1.29, 1.82) is 0 Å². The Bertz CT molecular complexity index is 502. The first-order valence-electron chi connectivity index (χ1n) is 5.53. The van der Waals surface area contributed by atoms with Crippen molar-refractivity contribution in [1.82, 2.24) is 0 Å². The van der Waals surface area contributed by atoms with Crippen molar-refractivity contribution in [2.45, 2.75) is 18.2 Å². The predicted octanol–water partition coefficient (Wildman–Crippen LogP) is 4.36. The Morgan fingerprint density at radius 1 is 1.29 bits per heavy atom. The lowest BCUT2D eigenvalue weighted by Crippen LogP contribution is -1.94. The summed E-state index contributed by atoms with van der Waals surface area (Å²) in [5.41, 5.74) is 2.11. The Morgan fingerprint density at radius 2 is 2.00 bits per heavy atom. The summed E-state index contributed by atoms with van der Waals surface area (Å²) in [6.45, 7) is 1.83. The fourth-order valence-electron chi connectivity index (χ4n) is 1.62. The van der Waals surface area contributed by atoms with Gasteiger partial charge in [-0.05, 0) is 11.6 Å². The highest BCUT2D eigenvalue weighted by Crippen LogP contribution is 2.31. The van der Waals surface area contributed by atoms with E-state index in [2.05, 4.69) is 15.9 Å². The number of hydrogen-bond acceptors (Lipinski definition) is 2. The van der Waals surface area contributed by atoms with Crippen LogP contribution >= 0.6 is 15.9 Å². The molecule has 1 aromatic carbocycles. The van der Waals surface area contributed by atoms with Crippen LogP contribution in [0, 0.1) is 0 Å². The van der Waals surface area contributed by atoms with E-state index in [1.165, 1.54) is 0 Å². The largest absolute Gasteiger partial charge is 0.461 e. The molecule has 1 atom stereocenters. The predicted molar refractivity (Wildman–Crippen MR) is 70.5 cm³/mol. The third kappa shape index (κ3) is 2.67. The normalized spacial score (nSPS) is 12.4. The molecular formula is C14H13BrO2. The molecule has 0 saturated carbocycles. The standard InChI is InChI=1S/C14H13BrO2/c1-2-12(16)13-8-11(9-17-13)14(15)10-6-4-3-5-7-10/h3-9,14H,2H2,1H3. The van der Waals surface area contributed by atoms with Crippen molar-refractivity contribution in [2.75, 3.05) is 0 Å². The van der Waals surface area contributed by atoms with Gasteiger partial charge < -0.3 is 4.42 Å². The average Bonchev–Trinajstić information content (AvgIpc) is 2.87. The van der Waals surface area contributed by atoms with E-state index >= 15 is 0 Å². The van der Waals surface area contributed by atoms with E-state index in [0.29, 0.717) is 12.2 Å². The molecule has 0 N–H and O–H groups in total. The zero-order valence-electron chi connectivity index (χ0n) is 9.52. The van der Waals surface area contributed by atoms with Crippen LogP contribution in [0.15, 0.2) is 47.1 Å². The van der Waals surface area contributed by atoms with Gasteiger partial charge in [0, 0.05) is 12.0 Å². The van der Waals surface area contributed by atoms with Gasteiger partial charge in [-0.3, -0.25) is 4.79 Å². The molecule has 88 valence electrons. The van der Waals surface area contributed by atoms with E-state index in [4.69, 9.17) is 4.42 Å². The lowest BCUT2D eigenvalue weighted by molar-refractivity contribution is 0.0961. The number of Topliss-reactive ketones (excluding diaryl/α,β-unsaturated/α-hetero) is 1. The molecule has 0 aliphatic rings. The van der Waals surface area contributed by atoms with Gasteiger partial charge in [0.2, 0.25) is 0 Å². The number of ketones is 1. The number of hydrogen-bond donors (Lipinski definition) is 0. The quantitative estimate of drug-likeness (QED) is 0.619. The van der Waals surface area contributed by atoms with Crippen LogP contribution in [-0.4, -0.2) is 5.78 Å². The van der Waals surface area contributed by atoms with E-state index in [-0.39, 0.29) is 10.6 Å². The summed E-state index contributed by atoms with van der Waals surface area (Å²) < 4.78 is 5.28. The van der Waals surface area contributed by atoms with Crippen molar-refractivity contribution in [2.24, 2.45) is 0 Å². The maximum Gasteiger partial charge on any atom is 0.197 e. The number of carbonyl (C=O) groups is 1. The number of halogens is 1. The first-order valence-corrected chi connectivity index (χ1v) is 6.44. The summed E-state index contributed by atoms with van der Waals surface area (Å²) in [5.74, 6) is 0.465. The Morgan fingerprint density at radius 3 is 2.65 bits per heavy atom. The Labute approximate surface area is 109 Å². The monoisotopic (exact) mass is 292 g/mol. The smallest absolute Gasteiger partial charge is 0.197 e. The zero-order chi connectivity index (χ0) is 12.3. The second-order valence-corrected chi connectivity index (χ2v) is 4.71. The third-order valence-corrected chi connectivity index (χ3v) is 3.66. The molecule has 0 radical (unpaired) electrons. The molecule has 2 aromatic rings. The molecule has 0 bridgehead atoms. The molecule has 1 aromatic heterocycles. The molecule has 2 rings (SSSR count). The number of alkyl halides is 1. The minimum absolute atomic E-state index is 0.0315. The van der Waals surface area contributed by atoms with Crippen LogP contribution < -0.4 is 0 Å². The van der Waals surface area contributed by atoms with Crippen LogP contribution in [0.3, 0.4) is 0 Å². The first kappa shape index (κ1) is 12.1. The van der Waals surface area contributed by atoms with Crippen LogP contribution in [-0.2, 0) is 0 Å².